The molecule has 7 atom stereocenters. The van der Waals surface area contributed by atoms with Crippen molar-refractivity contribution in [1.82, 2.24) is 25.2 Å². The SMILES string of the molecule is [B]NPOC(=O)NC(=NCCSCc1cccc2c(OCC3=C(C(=O)OPN[B])N4C(=O)[C@H]([C@@H](C)O[Si](CC)(CC)CC)[C@H]4[C@H]3C)cccc12)PNB1OC(N)O1. The molecule has 2 fully saturated rings. The minimum Gasteiger partial charge on any atom is -0.488 e. The van der Waals surface area contributed by atoms with Crippen molar-refractivity contribution in [3.05, 3.63) is 53.2 Å². The zero-order valence-corrected chi connectivity index (χ0v) is 37.4. The van der Waals surface area contributed by atoms with Crippen LogP contribution in [0.4, 0.5) is 4.79 Å². The molecule has 2 aromatic rings. The Kier molecular flexibility index (Phi) is 17.7. The molecule has 2 saturated heterocycles. The van der Waals surface area contributed by atoms with E-state index in [0.29, 0.717) is 34.9 Å². The molecule has 57 heavy (non-hydrogen) atoms. The van der Waals surface area contributed by atoms with Crippen LogP contribution < -0.4 is 30.8 Å². The van der Waals surface area contributed by atoms with Crippen LogP contribution in [0.25, 0.3) is 10.8 Å². The first-order chi connectivity index (χ1) is 27.5. The number of β-lactam (4-membered cyclic amide) rings is 1. The normalized spacial score (nSPS) is 20.9. The number of nitrogens with one attached hydrogen (secondary N) is 4. The quantitative estimate of drug-likeness (QED) is 0.0284. The maximum absolute atomic E-state index is 13.8. The van der Waals surface area contributed by atoms with Gasteiger partial charge in [0.1, 0.15) is 41.5 Å². The average Bonchev–Trinajstić information content (AvgIpc) is 3.45. The number of amidine groups is 1. The number of carbonyl (C=O) groups excluding carboxylic acids is 3. The molecule has 2 aromatic carbocycles. The van der Waals surface area contributed by atoms with Crippen LogP contribution in [0.1, 0.15) is 40.2 Å². The maximum atomic E-state index is 13.8. The number of benzene rings is 2. The van der Waals surface area contributed by atoms with Gasteiger partial charge in [-0.15, -0.1) is 0 Å². The molecule has 0 aliphatic carbocycles. The lowest BCUT2D eigenvalue weighted by molar-refractivity contribution is -0.161. The highest BCUT2D eigenvalue weighted by Crippen LogP contribution is 2.49. The van der Waals surface area contributed by atoms with Crippen molar-refractivity contribution in [3.8, 4) is 5.75 Å². The number of hydrogen-bond acceptors (Lipinski definition) is 15. The summed E-state index contributed by atoms with van der Waals surface area (Å²) in [5.41, 5.74) is 7.87. The van der Waals surface area contributed by atoms with Crippen LogP contribution >= 0.6 is 38.4 Å². The molecule has 6 N–H and O–H groups in total. The highest BCUT2D eigenvalue weighted by atomic mass is 32.2. The van der Waals surface area contributed by atoms with Crippen molar-refractivity contribution < 1.29 is 41.9 Å². The molecular weight excluding hydrogens is 824 g/mol. The smallest absolute Gasteiger partial charge is 0.488 e. The van der Waals surface area contributed by atoms with Gasteiger partial charge in [0.05, 0.1) is 24.6 Å². The molecule has 3 aliphatic rings. The van der Waals surface area contributed by atoms with Gasteiger partial charge in [-0.05, 0) is 42.1 Å². The van der Waals surface area contributed by atoms with Crippen LogP contribution in [0.15, 0.2) is 52.7 Å². The molecule has 2 amide bonds. The molecule has 16 nitrogen and oxygen atoms in total. The third-order valence-electron chi connectivity index (χ3n) is 10.4. The van der Waals surface area contributed by atoms with E-state index in [-0.39, 0.29) is 50.9 Å². The number of fused-ring (bicyclic) bond motifs is 2. The fourth-order valence-corrected chi connectivity index (χ4v) is 12.3. The first-order valence-electron chi connectivity index (χ1n) is 18.7. The second-order valence-electron chi connectivity index (χ2n) is 13.4. The number of aliphatic imine (C=N–C) groups is 1. The van der Waals surface area contributed by atoms with Gasteiger partial charge in [-0.25, -0.2) is 9.59 Å². The first kappa shape index (κ1) is 46.0. The lowest BCUT2D eigenvalue weighted by Crippen LogP contribution is -2.65. The molecule has 0 saturated carbocycles. The van der Waals surface area contributed by atoms with Crippen LogP contribution in [0.3, 0.4) is 0 Å². The van der Waals surface area contributed by atoms with E-state index < -0.39 is 52.0 Å². The molecule has 24 heteroatoms. The van der Waals surface area contributed by atoms with Gasteiger partial charge < -0.3 is 42.4 Å². The Morgan fingerprint density at radius 3 is 2.44 bits per heavy atom. The average molecular weight is 873 g/mol. The van der Waals surface area contributed by atoms with Crippen LogP contribution in [-0.4, -0.2) is 97.4 Å². The van der Waals surface area contributed by atoms with Gasteiger partial charge >= 0.3 is 19.3 Å². The van der Waals surface area contributed by atoms with Gasteiger partial charge in [0.15, 0.2) is 30.7 Å². The molecule has 0 spiro atoms. The summed E-state index contributed by atoms with van der Waals surface area (Å²) in [6.07, 6.45) is -1.76. The Bertz CT molecular complexity index is 1800. The minimum atomic E-state index is -1.98. The summed E-state index contributed by atoms with van der Waals surface area (Å²) in [4.78, 5) is 53.1. The predicted octanol–water partition coefficient (Wildman–Crippen LogP) is 4.04. The summed E-state index contributed by atoms with van der Waals surface area (Å²) in [7, 11) is 6.94. The Morgan fingerprint density at radius 1 is 1.07 bits per heavy atom. The minimum absolute atomic E-state index is 0.0923. The van der Waals surface area contributed by atoms with Gasteiger partial charge in [-0.2, -0.15) is 11.8 Å². The molecule has 3 aliphatic heterocycles. The topological polar surface area (TPSA) is 196 Å². The van der Waals surface area contributed by atoms with Gasteiger partial charge in [0.2, 0.25) is 5.91 Å². The predicted molar refractivity (Wildman–Crippen MR) is 233 cm³/mol. The number of nitrogens with two attached hydrogens (primary N) is 1. The summed E-state index contributed by atoms with van der Waals surface area (Å²) in [5, 5.41) is 4.56. The van der Waals surface area contributed by atoms with E-state index >= 15 is 0 Å². The fourth-order valence-electron chi connectivity index (χ4n) is 7.32. The van der Waals surface area contributed by atoms with Crippen LogP contribution in [0, 0.1) is 11.8 Å². The van der Waals surface area contributed by atoms with Crippen LogP contribution in [-0.2, 0) is 38.1 Å². The number of thioether (sulfide) groups is 1. The molecule has 3 unspecified atom stereocenters. The van der Waals surface area contributed by atoms with Crippen molar-refractivity contribution in [1.29, 1.82) is 0 Å². The van der Waals surface area contributed by atoms with Crippen molar-refractivity contribution in [2.24, 2.45) is 22.6 Å². The fraction of sp³-hybridized carbons (Fsp3) is 0.515. The second kappa shape index (κ2) is 21.9. The highest BCUT2D eigenvalue weighted by Gasteiger charge is 2.61. The van der Waals surface area contributed by atoms with Crippen molar-refractivity contribution >= 4 is 104 Å². The van der Waals surface area contributed by atoms with Crippen LogP contribution in [0.2, 0.25) is 18.1 Å². The number of nitrogens with zero attached hydrogens (tertiary/aromatic N) is 2. The molecule has 4 radical (unpaired) electrons. The Labute approximate surface area is 347 Å². The molecule has 0 bridgehead atoms. The van der Waals surface area contributed by atoms with E-state index in [4.69, 9.17) is 49.2 Å². The third kappa shape index (κ3) is 11.2. The lowest BCUT2D eigenvalue weighted by atomic mass is 9.78. The zero-order valence-electron chi connectivity index (χ0n) is 32.6. The Hall–Kier alpha value is -2.11. The number of amides is 2. The number of rotatable bonds is 22. The number of carbonyl (C=O) groups is 3. The lowest BCUT2D eigenvalue weighted by Gasteiger charge is -2.49. The van der Waals surface area contributed by atoms with Gasteiger partial charge in [0, 0.05) is 37.1 Å². The van der Waals surface area contributed by atoms with E-state index in [1.165, 1.54) is 0 Å². The first-order valence-corrected chi connectivity index (χ1v) is 25.2. The van der Waals surface area contributed by atoms with Crippen molar-refractivity contribution in [3.63, 3.8) is 0 Å². The molecule has 3 heterocycles. The summed E-state index contributed by atoms with van der Waals surface area (Å²) in [6.45, 7) is 11.1. The summed E-state index contributed by atoms with van der Waals surface area (Å²) >= 11 is 1.69. The summed E-state index contributed by atoms with van der Waals surface area (Å²) < 4.78 is 34.0. The summed E-state index contributed by atoms with van der Waals surface area (Å²) in [6, 6.07) is 14.7. The Morgan fingerprint density at radius 2 is 1.75 bits per heavy atom. The zero-order chi connectivity index (χ0) is 41.1. The largest absolute Gasteiger partial charge is 0.564 e. The van der Waals surface area contributed by atoms with E-state index in [9.17, 15) is 14.4 Å². The number of ether oxygens (including phenoxy) is 1. The van der Waals surface area contributed by atoms with E-state index in [1.54, 1.807) is 16.7 Å². The molecule has 0 aromatic heterocycles. The van der Waals surface area contributed by atoms with Gasteiger partial charge in [0.25, 0.3) is 0 Å². The standard InChI is InChI=1S/C33H49B3N7O9P3SSi/c1-6-57(7-2,8-3)52-20(5)26-27-19(4)24(28(43(27)29(26)44)30(45)50-54-40-34)17-47-25-14-10-12-22-21(11-9-13-23(22)25)18-56-16-15-38-32(39-33(46)51-55-41-35)53-42-36-48-31(37)49-36/h9-14,19-20,26-27,31,40-42,53-55H,6-8,15-18,37H2,1-5H3,(H,38,39,46)/t19-,20+,26+,27+/m0/s1. The van der Waals surface area contributed by atoms with Gasteiger partial charge in [-0.1, -0.05) is 58.0 Å². The van der Waals surface area contributed by atoms with Crippen molar-refractivity contribution in [2.45, 2.75) is 77.1 Å². The monoisotopic (exact) mass is 873 g/mol. The highest BCUT2D eigenvalue weighted by molar-refractivity contribution is 7.98. The van der Waals surface area contributed by atoms with Crippen molar-refractivity contribution in [2.75, 3.05) is 18.9 Å². The van der Waals surface area contributed by atoms with Gasteiger partial charge in [-0.3, -0.25) is 25.8 Å². The van der Waals surface area contributed by atoms with E-state index in [1.807, 2.05) is 44.2 Å². The Balaban J connectivity index is 1.25. The van der Waals surface area contributed by atoms with E-state index in [0.717, 1.165) is 34.5 Å². The second-order valence-corrected chi connectivity index (χ2v) is 21.7. The maximum Gasteiger partial charge on any atom is 0.564 e. The molecule has 304 valence electrons. The molecule has 5 rings (SSSR count). The van der Waals surface area contributed by atoms with Crippen LogP contribution in [0.5, 0.6) is 5.75 Å². The summed E-state index contributed by atoms with van der Waals surface area (Å²) in [5.74, 6) is 0.721. The number of hydrogen-bond donors (Lipinski definition) is 5. The molecular formula is C33H49B3N7O9P3SSi. The van der Waals surface area contributed by atoms with E-state index in [2.05, 4.69) is 52.1 Å². The third-order valence-corrected chi connectivity index (χ3v) is 17.9.